The summed E-state index contributed by atoms with van der Waals surface area (Å²) in [6, 6.07) is 10.2. The maximum atomic E-state index is 8.21. The number of benzene rings is 1. The Kier molecular flexibility index (Phi) is 3.22. The molecule has 4 nitrogen and oxygen atoms in total. The molecule has 4 heteroatoms. The molecule has 15 heavy (non-hydrogen) atoms. The third kappa shape index (κ3) is 2.49. The van der Waals surface area contributed by atoms with Gasteiger partial charge in [0.25, 0.3) is 0 Å². The van der Waals surface area contributed by atoms with Gasteiger partial charge in [0.15, 0.2) is 0 Å². The van der Waals surface area contributed by atoms with Gasteiger partial charge >= 0.3 is 0 Å². The summed E-state index contributed by atoms with van der Waals surface area (Å²) in [5.74, 6) is 0. The van der Waals surface area contributed by atoms with Crippen molar-refractivity contribution in [2.45, 2.75) is 25.0 Å². The van der Waals surface area contributed by atoms with E-state index in [0.29, 0.717) is 6.54 Å². The molecule has 1 aliphatic rings. The number of azide groups is 1. The van der Waals surface area contributed by atoms with Crippen LogP contribution in [0.5, 0.6) is 0 Å². The molecule has 1 saturated heterocycles. The van der Waals surface area contributed by atoms with E-state index in [9.17, 15) is 0 Å². The average Bonchev–Trinajstić information content (AvgIpc) is 2.76. The monoisotopic (exact) mass is 203 g/mol. The van der Waals surface area contributed by atoms with Gasteiger partial charge in [-0.3, -0.25) is 0 Å². The quantitative estimate of drug-likeness (QED) is 0.422. The first-order chi connectivity index (χ1) is 7.40. The van der Waals surface area contributed by atoms with Crippen LogP contribution < -0.4 is 0 Å². The van der Waals surface area contributed by atoms with Crippen molar-refractivity contribution in [1.82, 2.24) is 0 Å². The maximum Gasteiger partial charge on any atom is 0.0829 e. The Morgan fingerprint density at radius 3 is 2.87 bits per heavy atom. The van der Waals surface area contributed by atoms with Crippen molar-refractivity contribution in [3.8, 4) is 0 Å². The van der Waals surface area contributed by atoms with Crippen molar-refractivity contribution >= 4 is 0 Å². The van der Waals surface area contributed by atoms with Crippen LogP contribution >= 0.6 is 0 Å². The molecule has 0 radical (unpaired) electrons. The van der Waals surface area contributed by atoms with Crippen LogP contribution in [-0.4, -0.2) is 12.6 Å². The van der Waals surface area contributed by atoms with Gasteiger partial charge in [0, 0.05) is 4.91 Å². The van der Waals surface area contributed by atoms with Crippen LogP contribution in [-0.2, 0) is 4.74 Å². The molecule has 0 saturated carbocycles. The minimum Gasteiger partial charge on any atom is -0.370 e. The highest BCUT2D eigenvalue weighted by Gasteiger charge is 2.25. The van der Waals surface area contributed by atoms with E-state index in [1.54, 1.807) is 0 Å². The first kappa shape index (κ1) is 10.0. The van der Waals surface area contributed by atoms with E-state index in [-0.39, 0.29) is 12.2 Å². The molecule has 0 N–H and O–H groups in total. The summed E-state index contributed by atoms with van der Waals surface area (Å²) >= 11 is 0. The molecule has 1 aliphatic heterocycles. The summed E-state index contributed by atoms with van der Waals surface area (Å²) in [6.07, 6.45) is 2.24. The van der Waals surface area contributed by atoms with E-state index in [1.807, 2.05) is 18.2 Å². The second-order valence-corrected chi connectivity index (χ2v) is 3.65. The van der Waals surface area contributed by atoms with Crippen molar-refractivity contribution in [2.24, 2.45) is 5.11 Å². The molecular formula is C11H13N3O. The highest BCUT2D eigenvalue weighted by atomic mass is 16.5. The van der Waals surface area contributed by atoms with Crippen LogP contribution in [0, 0.1) is 0 Å². The van der Waals surface area contributed by atoms with Crippen LogP contribution in [0.2, 0.25) is 0 Å². The molecule has 2 rings (SSSR count). The lowest BCUT2D eigenvalue weighted by atomic mass is 10.1. The summed E-state index contributed by atoms with van der Waals surface area (Å²) in [6.45, 7) is 0.444. The molecule has 2 unspecified atom stereocenters. The van der Waals surface area contributed by atoms with Gasteiger partial charge in [0.05, 0.1) is 18.8 Å². The summed E-state index contributed by atoms with van der Waals surface area (Å²) < 4.78 is 5.78. The van der Waals surface area contributed by atoms with E-state index >= 15 is 0 Å². The smallest absolute Gasteiger partial charge is 0.0829 e. The molecule has 0 bridgehead atoms. The SMILES string of the molecule is [N-]=[N+]=NCC1CCC(c2ccccc2)O1. The van der Waals surface area contributed by atoms with E-state index in [0.717, 1.165) is 12.8 Å². The highest BCUT2D eigenvalue weighted by molar-refractivity contribution is 5.18. The third-order valence-electron chi connectivity index (χ3n) is 2.63. The normalized spacial score (nSPS) is 24.8. The van der Waals surface area contributed by atoms with Crippen molar-refractivity contribution in [3.05, 3.63) is 46.3 Å². The van der Waals surface area contributed by atoms with E-state index in [4.69, 9.17) is 10.3 Å². The molecule has 0 spiro atoms. The van der Waals surface area contributed by atoms with Crippen LogP contribution in [0.4, 0.5) is 0 Å². The minimum absolute atomic E-state index is 0.0890. The van der Waals surface area contributed by atoms with Crippen molar-refractivity contribution in [3.63, 3.8) is 0 Å². The zero-order valence-electron chi connectivity index (χ0n) is 8.41. The number of hydrogen-bond acceptors (Lipinski definition) is 2. The summed E-state index contributed by atoms with van der Waals surface area (Å²) in [7, 11) is 0. The maximum absolute atomic E-state index is 8.21. The largest absolute Gasteiger partial charge is 0.370 e. The molecule has 1 aromatic carbocycles. The highest BCUT2D eigenvalue weighted by Crippen LogP contribution is 2.32. The van der Waals surface area contributed by atoms with Gasteiger partial charge in [0.1, 0.15) is 0 Å². The van der Waals surface area contributed by atoms with Crippen molar-refractivity contribution in [2.75, 3.05) is 6.54 Å². The fraction of sp³-hybridized carbons (Fsp3) is 0.455. The van der Waals surface area contributed by atoms with Crippen LogP contribution in [0.25, 0.3) is 10.4 Å². The fourth-order valence-corrected chi connectivity index (χ4v) is 1.88. The molecule has 1 heterocycles. The van der Waals surface area contributed by atoms with Gasteiger partial charge in [-0.25, -0.2) is 0 Å². The number of hydrogen-bond donors (Lipinski definition) is 0. The fourth-order valence-electron chi connectivity index (χ4n) is 1.88. The van der Waals surface area contributed by atoms with Gasteiger partial charge in [-0.2, -0.15) is 0 Å². The van der Waals surface area contributed by atoms with Crippen LogP contribution in [0.3, 0.4) is 0 Å². The lowest BCUT2D eigenvalue weighted by Crippen LogP contribution is -2.09. The first-order valence-electron chi connectivity index (χ1n) is 5.11. The van der Waals surface area contributed by atoms with Gasteiger partial charge in [-0.05, 0) is 23.9 Å². The summed E-state index contributed by atoms with van der Waals surface area (Å²) in [5.41, 5.74) is 9.42. The molecule has 0 aromatic heterocycles. The topological polar surface area (TPSA) is 58.0 Å². The lowest BCUT2D eigenvalue weighted by Gasteiger charge is -2.11. The zero-order valence-corrected chi connectivity index (χ0v) is 8.41. The molecule has 2 atom stereocenters. The van der Waals surface area contributed by atoms with E-state index in [1.165, 1.54) is 5.56 Å². The second kappa shape index (κ2) is 4.82. The molecule has 0 amide bonds. The molecular weight excluding hydrogens is 190 g/mol. The average molecular weight is 203 g/mol. The Morgan fingerprint density at radius 1 is 1.33 bits per heavy atom. The van der Waals surface area contributed by atoms with Crippen molar-refractivity contribution in [1.29, 1.82) is 0 Å². The molecule has 0 aliphatic carbocycles. The Morgan fingerprint density at radius 2 is 2.13 bits per heavy atom. The van der Waals surface area contributed by atoms with Gasteiger partial charge in [-0.15, -0.1) is 0 Å². The predicted octanol–water partition coefficient (Wildman–Crippen LogP) is 3.22. The Labute approximate surface area is 88.5 Å². The molecule has 1 aromatic rings. The van der Waals surface area contributed by atoms with E-state index < -0.39 is 0 Å². The Hall–Kier alpha value is -1.51. The zero-order chi connectivity index (χ0) is 10.5. The lowest BCUT2D eigenvalue weighted by molar-refractivity contribution is 0.0499. The summed E-state index contributed by atoms with van der Waals surface area (Å²) in [4.78, 5) is 2.74. The Bertz CT molecular complexity index is 359. The van der Waals surface area contributed by atoms with Crippen LogP contribution in [0.1, 0.15) is 24.5 Å². The number of ether oxygens (including phenoxy) is 1. The van der Waals surface area contributed by atoms with E-state index in [2.05, 4.69) is 22.2 Å². The standard InChI is InChI=1S/C11H13N3O/c12-14-13-8-10-6-7-11(15-10)9-4-2-1-3-5-9/h1-5,10-11H,6-8H2. The molecule has 78 valence electrons. The van der Waals surface area contributed by atoms with Gasteiger partial charge in [-0.1, -0.05) is 35.4 Å². The predicted molar refractivity (Wildman–Crippen MR) is 57.3 cm³/mol. The van der Waals surface area contributed by atoms with Gasteiger partial charge in [0.2, 0.25) is 0 Å². The number of rotatable bonds is 3. The number of nitrogens with zero attached hydrogens (tertiary/aromatic N) is 3. The minimum atomic E-state index is 0.0890. The Balaban J connectivity index is 1.95. The second-order valence-electron chi connectivity index (χ2n) is 3.65. The van der Waals surface area contributed by atoms with Crippen LogP contribution in [0.15, 0.2) is 35.4 Å². The first-order valence-corrected chi connectivity index (χ1v) is 5.11. The molecule has 1 fully saturated rings. The summed E-state index contributed by atoms with van der Waals surface area (Å²) in [5, 5.41) is 3.54. The van der Waals surface area contributed by atoms with Gasteiger partial charge < -0.3 is 4.74 Å². The third-order valence-corrected chi connectivity index (χ3v) is 2.63. The van der Waals surface area contributed by atoms with Crippen molar-refractivity contribution < 1.29 is 4.74 Å².